The first-order valence-corrected chi connectivity index (χ1v) is 7.23. The lowest BCUT2D eigenvalue weighted by molar-refractivity contribution is 0.155. The van der Waals surface area contributed by atoms with Crippen molar-refractivity contribution in [1.29, 1.82) is 0 Å². The lowest BCUT2D eigenvalue weighted by atomic mass is 10.2. The molecule has 22 heavy (non-hydrogen) atoms. The molecule has 1 amide bonds. The zero-order valence-corrected chi connectivity index (χ0v) is 12.3. The Bertz CT molecular complexity index is 740. The minimum atomic E-state index is -0.658. The van der Waals surface area contributed by atoms with Crippen LogP contribution in [0.15, 0.2) is 41.3 Å². The van der Waals surface area contributed by atoms with Crippen molar-refractivity contribution in [2.75, 3.05) is 5.32 Å². The monoisotopic (exact) mass is 299 g/mol. The summed E-state index contributed by atoms with van der Waals surface area (Å²) in [7, 11) is 0. The van der Waals surface area contributed by atoms with Crippen LogP contribution < -0.4 is 10.9 Å². The number of hydrogen-bond donors (Lipinski definition) is 1. The number of aryl methyl sites for hydroxylation is 1. The maximum Gasteiger partial charge on any atom is 0.412 e. The summed E-state index contributed by atoms with van der Waals surface area (Å²) in [6, 6.07) is 9.46. The number of nitrogens with one attached hydrogen (secondary N) is 1. The van der Waals surface area contributed by atoms with Crippen LogP contribution in [-0.2, 0) is 17.8 Å². The highest BCUT2D eigenvalue weighted by molar-refractivity contribution is 5.84. The molecule has 6 nitrogen and oxygen atoms in total. The van der Waals surface area contributed by atoms with Crippen LogP contribution in [0.2, 0.25) is 0 Å². The molecule has 2 aromatic rings. The largest absolute Gasteiger partial charge is 0.444 e. The van der Waals surface area contributed by atoms with E-state index in [0.29, 0.717) is 0 Å². The maximum atomic E-state index is 12.3. The summed E-state index contributed by atoms with van der Waals surface area (Å²) in [5.74, 6) is 0.765. The van der Waals surface area contributed by atoms with Gasteiger partial charge in [-0.25, -0.2) is 9.78 Å². The molecule has 0 fully saturated rings. The summed E-state index contributed by atoms with van der Waals surface area (Å²) in [6.07, 6.45) is 2.42. The van der Waals surface area contributed by atoms with Crippen LogP contribution in [0, 0.1) is 0 Å². The van der Waals surface area contributed by atoms with Gasteiger partial charge in [0.05, 0.1) is 6.20 Å². The predicted molar refractivity (Wildman–Crippen MR) is 81.8 cm³/mol. The number of ether oxygens (including phenoxy) is 1. The van der Waals surface area contributed by atoms with E-state index in [-0.39, 0.29) is 23.9 Å². The first-order chi connectivity index (χ1) is 10.6. The molecule has 2 heterocycles. The zero-order chi connectivity index (χ0) is 15.5. The smallest absolute Gasteiger partial charge is 0.412 e. The molecule has 0 saturated carbocycles. The molecule has 0 spiro atoms. The highest BCUT2D eigenvalue weighted by Gasteiger charge is 2.22. The highest BCUT2D eigenvalue weighted by Crippen LogP contribution is 2.21. The first kappa shape index (κ1) is 14.3. The van der Waals surface area contributed by atoms with Crippen LogP contribution in [-0.4, -0.2) is 15.6 Å². The normalized spacial score (nSPS) is 16.1. The third-order valence-corrected chi connectivity index (χ3v) is 3.75. The average molecular weight is 299 g/mol. The third kappa shape index (κ3) is 2.86. The number of rotatable bonds is 3. The number of carbonyl (C=O) groups excluding carboxylic acids is 1. The lowest BCUT2D eigenvalue weighted by Gasteiger charge is -2.11. The van der Waals surface area contributed by atoms with E-state index in [0.717, 1.165) is 24.2 Å². The number of anilines is 1. The summed E-state index contributed by atoms with van der Waals surface area (Å²) in [5, 5.41) is 2.47. The van der Waals surface area contributed by atoms with E-state index >= 15 is 0 Å². The summed E-state index contributed by atoms with van der Waals surface area (Å²) in [6.45, 7) is 2.12. The Kier molecular flexibility index (Phi) is 3.91. The molecule has 1 N–H and O–H groups in total. The summed E-state index contributed by atoms with van der Waals surface area (Å²) >= 11 is 0. The van der Waals surface area contributed by atoms with Crippen LogP contribution in [0.25, 0.3) is 0 Å². The van der Waals surface area contributed by atoms with Crippen molar-refractivity contribution in [3.63, 3.8) is 0 Å². The lowest BCUT2D eigenvalue weighted by Crippen LogP contribution is -2.28. The molecule has 3 rings (SSSR count). The Morgan fingerprint density at radius 3 is 2.95 bits per heavy atom. The number of carbonyl (C=O) groups is 1. The summed E-state index contributed by atoms with van der Waals surface area (Å²) in [4.78, 5) is 28.4. The molecule has 1 aliphatic rings. The Hall–Kier alpha value is -2.63. The van der Waals surface area contributed by atoms with Gasteiger partial charge in [-0.2, -0.15) is 0 Å². The predicted octanol–water partition coefficient (Wildman–Crippen LogP) is 2.50. The van der Waals surface area contributed by atoms with Crippen molar-refractivity contribution in [2.45, 2.75) is 32.4 Å². The van der Waals surface area contributed by atoms with Gasteiger partial charge in [-0.3, -0.25) is 14.7 Å². The number of nitrogens with zero attached hydrogens (tertiary/aromatic N) is 2. The SMILES string of the molecule is CC1CCc2ncc(NC(=O)OCc3ccccc3)c(=O)n21. The van der Waals surface area contributed by atoms with Gasteiger partial charge >= 0.3 is 6.09 Å². The van der Waals surface area contributed by atoms with E-state index in [1.54, 1.807) is 4.57 Å². The van der Waals surface area contributed by atoms with E-state index in [9.17, 15) is 9.59 Å². The fourth-order valence-electron chi connectivity index (χ4n) is 2.57. The fraction of sp³-hybridized carbons (Fsp3) is 0.312. The van der Waals surface area contributed by atoms with E-state index < -0.39 is 6.09 Å². The van der Waals surface area contributed by atoms with Crippen LogP contribution in [0.3, 0.4) is 0 Å². The van der Waals surface area contributed by atoms with Crippen molar-refractivity contribution >= 4 is 11.8 Å². The quantitative estimate of drug-likeness (QED) is 0.945. The Balaban J connectivity index is 1.67. The minimum absolute atomic E-state index is 0.108. The maximum absolute atomic E-state index is 12.3. The van der Waals surface area contributed by atoms with Gasteiger partial charge < -0.3 is 4.74 Å². The van der Waals surface area contributed by atoms with Gasteiger partial charge in [-0.1, -0.05) is 30.3 Å². The molecule has 0 saturated heterocycles. The van der Waals surface area contributed by atoms with E-state index in [4.69, 9.17) is 4.74 Å². The van der Waals surface area contributed by atoms with Crippen molar-refractivity contribution in [3.8, 4) is 0 Å². The van der Waals surface area contributed by atoms with Gasteiger partial charge in [0.25, 0.3) is 5.56 Å². The van der Waals surface area contributed by atoms with Crippen molar-refractivity contribution in [1.82, 2.24) is 9.55 Å². The molecule has 114 valence electrons. The number of fused-ring (bicyclic) bond motifs is 1. The third-order valence-electron chi connectivity index (χ3n) is 3.75. The molecule has 1 atom stereocenters. The molecule has 1 aliphatic heterocycles. The van der Waals surface area contributed by atoms with Gasteiger partial charge in [0, 0.05) is 12.5 Å². The van der Waals surface area contributed by atoms with Crippen molar-refractivity contribution in [3.05, 3.63) is 58.3 Å². The topological polar surface area (TPSA) is 73.2 Å². The number of aromatic nitrogens is 2. The van der Waals surface area contributed by atoms with Crippen molar-refractivity contribution < 1.29 is 9.53 Å². The average Bonchev–Trinajstić information content (AvgIpc) is 2.91. The Morgan fingerprint density at radius 2 is 2.18 bits per heavy atom. The molecular weight excluding hydrogens is 282 g/mol. The fourth-order valence-corrected chi connectivity index (χ4v) is 2.57. The van der Waals surface area contributed by atoms with E-state index in [1.165, 1.54) is 6.20 Å². The van der Waals surface area contributed by atoms with E-state index in [2.05, 4.69) is 10.3 Å². The number of amides is 1. The van der Waals surface area contributed by atoms with Gasteiger partial charge in [0.15, 0.2) is 0 Å². The van der Waals surface area contributed by atoms with E-state index in [1.807, 2.05) is 37.3 Å². The summed E-state index contributed by atoms with van der Waals surface area (Å²) < 4.78 is 6.74. The zero-order valence-electron chi connectivity index (χ0n) is 12.3. The molecule has 0 bridgehead atoms. The molecule has 0 aliphatic carbocycles. The second kappa shape index (κ2) is 6.01. The molecular formula is C16H17N3O3. The number of benzene rings is 1. The van der Waals surface area contributed by atoms with Crippen LogP contribution in [0.1, 0.15) is 30.8 Å². The van der Waals surface area contributed by atoms with Crippen molar-refractivity contribution in [2.24, 2.45) is 0 Å². The van der Waals surface area contributed by atoms with Crippen LogP contribution in [0.4, 0.5) is 10.5 Å². The Morgan fingerprint density at radius 1 is 1.41 bits per heavy atom. The molecule has 1 aromatic carbocycles. The molecule has 1 unspecified atom stereocenters. The van der Waals surface area contributed by atoms with Gasteiger partial charge in [-0.15, -0.1) is 0 Å². The molecule has 6 heteroatoms. The molecule has 1 aromatic heterocycles. The minimum Gasteiger partial charge on any atom is -0.444 e. The van der Waals surface area contributed by atoms with Crippen LogP contribution in [0.5, 0.6) is 0 Å². The van der Waals surface area contributed by atoms with Gasteiger partial charge in [0.2, 0.25) is 0 Å². The van der Waals surface area contributed by atoms with Gasteiger partial charge in [0.1, 0.15) is 18.1 Å². The standard InChI is InChI=1S/C16H17N3O3/c1-11-7-8-14-17-9-13(15(20)19(11)14)18-16(21)22-10-12-5-3-2-4-6-12/h2-6,9,11H,7-8,10H2,1H3,(H,18,21). The van der Waals surface area contributed by atoms with Crippen LogP contribution >= 0.6 is 0 Å². The van der Waals surface area contributed by atoms with Gasteiger partial charge in [-0.05, 0) is 18.9 Å². The second-order valence-corrected chi connectivity index (χ2v) is 5.34. The number of hydrogen-bond acceptors (Lipinski definition) is 4. The summed E-state index contributed by atoms with van der Waals surface area (Å²) in [5.41, 5.74) is 0.803. The Labute approximate surface area is 127 Å². The molecule has 0 radical (unpaired) electrons. The first-order valence-electron chi connectivity index (χ1n) is 7.23. The second-order valence-electron chi connectivity index (χ2n) is 5.34. The highest BCUT2D eigenvalue weighted by atomic mass is 16.5.